The average Bonchev–Trinajstić information content (AvgIpc) is 3.69. The molecule has 1 saturated carbocycles. The molecule has 1 fully saturated rings. The fourth-order valence-corrected chi connectivity index (χ4v) is 3.20. The molecule has 0 radical (unpaired) electrons. The minimum absolute atomic E-state index is 0.0197. The first-order chi connectivity index (χ1) is 16.7. The number of hydrogen-bond acceptors (Lipinski definition) is 6. The first-order valence-corrected chi connectivity index (χ1v) is 10.7. The van der Waals surface area contributed by atoms with Gasteiger partial charge in [0.2, 0.25) is 5.91 Å². The van der Waals surface area contributed by atoms with Crippen LogP contribution in [-0.2, 0) is 17.5 Å². The molecule has 3 N–H and O–H groups in total. The number of nitrogens with one attached hydrogen (secondary N) is 3. The van der Waals surface area contributed by atoms with Crippen molar-refractivity contribution >= 4 is 29.0 Å². The first-order valence-electron chi connectivity index (χ1n) is 10.7. The number of nitrogens with zero attached hydrogens (tertiary/aromatic N) is 2. The number of aromatic nitrogens is 2. The van der Waals surface area contributed by atoms with Gasteiger partial charge in [0.1, 0.15) is 5.75 Å². The maximum absolute atomic E-state index is 13.0. The molecule has 8 nitrogen and oxygen atoms in total. The van der Waals surface area contributed by atoms with Gasteiger partial charge in [0, 0.05) is 28.9 Å². The molecule has 1 heterocycles. The predicted molar refractivity (Wildman–Crippen MR) is 123 cm³/mol. The van der Waals surface area contributed by atoms with Gasteiger partial charge < -0.3 is 20.7 Å². The highest BCUT2D eigenvalue weighted by atomic mass is 19.4. The highest BCUT2D eigenvalue weighted by molar-refractivity contribution is 6.05. The Kier molecular flexibility index (Phi) is 6.85. The molecule has 2 aromatic carbocycles. The van der Waals surface area contributed by atoms with Gasteiger partial charge in [-0.25, -0.2) is 4.98 Å². The Labute approximate surface area is 198 Å². The minimum atomic E-state index is -4.52. The number of alkyl halides is 3. The molecule has 4 rings (SSSR count). The van der Waals surface area contributed by atoms with Crippen molar-refractivity contribution in [3.8, 4) is 5.75 Å². The van der Waals surface area contributed by atoms with Crippen LogP contribution < -0.4 is 20.7 Å². The van der Waals surface area contributed by atoms with Gasteiger partial charge in [0.05, 0.1) is 37.3 Å². The number of benzene rings is 2. The van der Waals surface area contributed by atoms with E-state index in [9.17, 15) is 22.8 Å². The average molecular weight is 485 g/mol. The van der Waals surface area contributed by atoms with E-state index in [1.807, 2.05) is 0 Å². The molecule has 11 heteroatoms. The van der Waals surface area contributed by atoms with Crippen molar-refractivity contribution in [1.29, 1.82) is 0 Å². The standard InChI is InChI=1S/C24H22F3N5O3/c1-35-20-8-15(23(34)31-17-4-2-3-16(9-17)24(25,26)27)7-18(10-20)28-11-19-12-30-21(13-29-19)32-22(33)14-5-6-14/h2-4,7-10,12-14,28H,5-6,11H2,1H3,(H,31,34)(H,30,32,33). The second kappa shape index (κ2) is 10.00. The van der Waals surface area contributed by atoms with E-state index in [1.165, 1.54) is 37.7 Å². The summed E-state index contributed by atoms with van der Waals surface area (Å²) in [4.78, 5) is 33.0. The van der Waals surface area contributed by atoms with E-state index in [2.05, 4.69) is 25.9 Å². The molecule has 0 spiro atoms. The number of halogens is 3. The fourth-order valence-electron chi connectivity index (χ4n) is 3.20. The van der Waals surface area contributed by atoms with Gasteiger partial charge in [-0.15, -0.1) is 0 Å². The summed E-state index contributed by atoms with van der Waals surface area (Å²) in [6, 6.07) is 9.09. The molecule has 0 aliphatic heterocycles. The van der Waals surface area contributed by atoms with Crippen LogP contribution in [0.25, 0.3) is 0 Å². The lowest BCUT2D eigenvalue weighted by Crippen LogP contribution is -2.15. The number of carbonyl (C=O) groups excluding carboxylic acids is 2. The lowest BCUT2D eigenvalue weighted by Gasteiger charge is -2.13. The van der Waals surface area contributed by atoms with Crippen LogP contribution in [0.15, 0.2) is 54.9 Å². The molecule has 182 valence electrons. The van der Waals surface area contributed by atoms with Crippen LogP contribution in [0.5, 0.6) is 5.75 Å². The first kappa shape index (κ1) is 24.0. The van der Waals surface area contributed by atoms with E-state index in [0.717, 1.165) is 25.0 Å². The molecule has 1 aromatic heterocycles. The van der Waals surface area contributed by atoms with Crippen molar-refractivity contribution in [2.45, 2.75) is 25.6 Å². The van der Waals surface area contributed by atoms with Crippen molar-refractivity contribution in [3.05, 3.63) is 71.7 Å². The van der Waals surface area contributed by atoms with E-state index >= 15 is 0 Å². The number of carbonyl (C=O) groups is 2. The van der Waals surface area contributed by atoms with E-state index < -0.39 is 17.6 Å². The number of methoxy groups -OCH3 is 1. The van der Waals surface area contributed by atoms with Gasteiger partial charge in [0.15, 0.2) is 5.82 Å². The molecule has 2 amide bonds. The van der Waals surface area contributed by atoms with Gasteiger partial charge in [-0.3, -0.25) is 14.6 Å². The Bertz CT molecular complexity index is 1230. The van der Waals surface area contributed by atoms with Gasteiger partial charge in [-0.1, -0.05) is 6.07 Å². The molecule has 3 aromatic rings. The number of rotatable bonds is 8. The second-order valence-corrected chi connectivity index (χ2v) is 7.99. The lowest BCUT2D eigenvalue weighted by atomic mass is 10.1. The largest absolute Gasteiger partial charge is 0.497 e. The van der Waals surface area contributed by atoms with E-state index in [4.69, 9.17) is 4.74 Å². The molecule has 0 unspecified atom stereocenters. The molecular weight excluding hydrogens is 463 g/mol. The third-order valence-corrected chi connectivity index (χ3v) is 5.23. The quantitative estimate of drug-likeness (QED) is 0.427. The van der Waals surface area contributed by atoms with Gasteiger partial charge in [0.25, 0.3) is 5.91 Å². The summed E-state index contributed by atoms with van der Waals surface area (Å²) >= 11 is 0. The second-order valence-electron chi connectivity index (χ2n) is 7.99. The SMILES string of the molecule is COc1cc(NCc2cnc(NC(=O)C3CC3)cn2)cc(C(=O)Nc2cccc(C(F)(F)F)c2)c1. The summed E-state index contributed by atoms with van der Waals surface area (Å²) in [5.74, 6) is 0.166. The summed E-state index contributed by atoms with van der Waals surface area (Å²) in [5.41, 5.74) is 0.473. The van der Waals surface area contributed by atoms with Gasteiger partial charge in [-0.2, -0.15) is 13.2 Å². The van der Waals surface area contributed by atoms with Crippen molar-refractivity contribution in [2.24, 2.45) is 5.92 Å². The summed E-state index contributed by atoms with van der Waals surface area (Å²) in [6.07, 6.45) is 0.259. The van der Waals surface area contributed by atoms with Crippen LogP contribution in [-0.4, -0.2) is 28.9 Å². The van der Waals surface area contributed by atoms with Gasteiger partial charge >= 0.3 is 6.18 Å². The molecule has 0 atom stereocenters. The number of amides is 2. The number of hydrogen-bond donors (Lipinski definition) is 3. The van der Waals surface area contributed by atoms with Crippen molar-refractivity contribution in [1.82, 2.24) is 9.97 Å². The van der Waals surface area contributed by atoms with Crippen LogP contribution in [0.3, 0.4) is 0 Å². The van der Waals surface area contributed by atoms with Crippen molar-refractivity contribution < 1.29 is 27.5 Å². The maximum Gasteiger partial charge on any atom is 0.416 e. The maximum atomic E-state index is 13.0. The Morgan fingerprint density at radius 1 is 1.03 bits per heavy atom. The Morgan fingerprint density at radius 2 is 1.83 bits per heavy atom. The van der Waals surface area contributed by atoms with Crippen LogP contribution >= 0.6 is 0 Å². The highest BCUT2D eigenvalue weighted by Crippen LogP contribution is 2.31. The van der Waals surface area contributed by atoms with Crippen LogP contribution in [0.2, 0.25) is 0 Å². The molecule has 1 aliphatic rings. The third-order valence-electron chi connectivity index (χ3n) is 5.23. The summed E-state index contributed by atoms with van der Waals surface area (Å²) in [5, 5.41) is 8.31. The zero-order valence-electron chi connectivity index (χ0n) is 18.6. The van der Waals surface area contributed by atoms with Crippen LogP contribution in [0.4, 0.5) is 30.4 Å². The zero-order chi connectivity index (χ0) is 25.0. The smallest absolute Gasteiger partial charge is 0.416 e. The fraction of sp³-hybridized carbons (Fsp3) is 0.250. The molecule has 0 saturated heterocycles. The predicted octanol–water partition coefficient (Wildman–Crippen LogP) is 4.72. The molecule has 0 bridgehead atoms. The minimum Gasteiger partial charge on any atom is -0.497 e. The zero-order valence-corrected chi connectivity index (χ0v) is 18.6. The summed E-state index contributed by atoms with van der Waals surface area (Å²) < 4.78 is 44.1. The van der Waals surface area contributed by atoms with E-state index in [0.29, 0.717) is 22.9 Å². The van der Waals surface area contributed by atoms with Crippen molar-refractivity contribution in [3.63, 3.8) is 0 Å². The normalized spacial score (nSPS) is 13.1. The number of anilines is 3. The molecule has 1 aliphatic carbocycles. The number of ether oxygens (including phenoxy) is 1. The molecular formula is C24H22F3N5O3. The Balaban J connectivity index is 1.42. The van der Waals surface area contributed by atoms with E-state index in [-0.39, 0.29) is 29.6 Å². The summed E-state index contributed by atoms with van der Waals surface area (Å²) in [7, 11) is 1.44. The topological polar surface area (TPSA) is 105 Å². The Hall–Kier alpha value is -4.15. The Morgan fingerprint density at radius 3 is 2.49 bits per heavy atom. The molecule has 35 heavy (non-hydrogen) atoms. The van der Waals surface area contributed by atoms with Crippen LogP contribution in [0.1, 0.15) is 34.5 Å². The summed E-state index contributed by atoms with van der Waals surface area (Å²) in [6.45, 7) is 0.270. The monoisotopic (exact) mass is 485 g/mol. The van der Waals surface area contributed by atoms with Crippen molar-refractivity contribution in [2.75, 3.05) is 23.1 Å². The highest BCUT2D eigenvalue weighted by Gasteiger charge is 2.31. The lowest BCUT2D eigenvalue weighted by molar-refractivity contribution is -0.137. The van der Waals surface area contributed by atoms with Crippen LogP contribution in [0, 0.1) is 5.92 Å². The van der Waals surface area contributed by atoms with Gasteiger partial charge in [-0.05, 0) is 43.2 Å². The van der Waals surface area contributed by atoms with E-state index in [1.54, 1.807) is 12.1 Å². The third kappa shape index (κ3) is 6.46.